The number of fused-ring (bicyclic) bond motifs is 2. The molecule has 5 aromatic rings. The normalized spacial score (nSPS) is 11.1. The molecule has 0 saturated carbocycles. The largest absolute Gasteiger partial charge is 0.340 e. The number of nitrogens with one attached hydrogen (secondary N) is 1. The second-order valence-electron chi connectivity index (χ2n) is 6.24. The minimum absolute atomic E-state index is 0.606. The van der Waals surface area contributed by atoms with E-state index >= 15 is 0 Å². The number of hydrogen-bond donors (Lipinski definition) is 1. The summed E-state index contributed by atoms with van der Waals surface area (Å²) in [6.07, 6.45) is 0. The lowest BCUT2D eigenvalue weighted by molar-refractivity contribution is 1.14. The van der Waals surface area contributed by atoms with Crippen LogP contribution in [0.1, 0.15) is 5.69 Å². The molecule has 0 aliphatic heterocycles. The Balaban J connectivity index is 1.65. The molecule has 0 aliphatic carbocycles. The predicted molar refractivity (Wildman–Crippen MR) is 110 cm³/mol. The first-order chi connectivity index (χ1) is 13.3. The zero-order valence-electron chi connectivity index (χ0n) is 14.5. The predicted octanol–water partition coefficient (Wildman–Crippen LogP) is 5.35. The molecule has 0 saturated heterocycles. The second-order valence-corrected chi connectivity index (χ2v) is 7.12. The third-order valence-corrected chi connectivity index (χ3v) is 5.12. The highest BCUT2D eigenvalue weighted by Gasteiger charge is 2.11. The number of para-hydroxylation sites is 1. The van der Waals surface area contributed by atoms with Gasteiger partial charge in [-0.25, -0.2) is 19.9 Å². The molecule has 0 spiro atoms. The van der Waals surface area contributed by atoms with E-state index in [1.807, 2.05) is 67.0 Å². The molecule has 0 radical (unpaired) electrons. The number of pyridine rings is 1. The minimum atomic E-state index is 0.606. The Labute approximate surface area is 159 Å². The molecule has 3 heterocycles. The zero-order valence-corrected chi connectivity index (χ0v) is 15.4. The van der Waals surface area contributed by atoms with Crippen molar-refractivity contribution in [3.8, 4) is 11.5 Å². The number of aromatic nitrogens is 4. The Morgan fingerprint density at radius 3 is 2.70 bits per heavy atom. The molecule has 130 valence electrons. The van der Waals surface area contributed by atoms with Crippen LogP contribution < -0.4 is 5.32 Å². The molecule has 0 aliphatic rings. The van der Waals surface area contributed by atoms with Crippen molar-refractivity contribution in [2.24, 2.45) is 0 Å². The van der Waals surface area contributed by atoms with Crippen molar-refractivity contribution in [3.63, 3.8) is 0 Å². The van der Waals surface area contributed by atoms with Crippen LogP contribution in [0, 0.1) is 6.92 Å². The number of thiazole rings is 1. The van der Waals surface area contributed by atoms with E-state index in [1.54, 1.807) is 11.3 Å². The molecule has 1 N–H and O–H groups in total. The van der Waals surface area contributed by atoms with Crippen molar-refractivity contribution in [3.05, 3.63) is 71.9 Å². The molecule has 27 heavy (non-hydrogen) atoms. The van der Waals surface area contributed by atoms with Crippen LogP contribution >= 0.6 is 11.3 Å². The van der Waals surface area contributed by atoms with Gasteiger partial charge in [0, 0.05) is 16.8 Å². The molecule has 0 atom stereocenters. The van der Waals surface area contributed by atoms with Gasteiger partial charge in [0.25, 0.3) is 0 Å². The number of anilines is 2. The molecule has 0 bridgehead atoms. The molecule has 0 unspecified atom stereocenters. The molecule has 2 aromatic carbocycles. The standard InChI is InChI=1S/C21H15N5S/c1-13-5-4-8-17(23-13)21-25-16-7-3-2-6-15(16)20(26-21)24-14-9-10-19-18(11-14)22-12-27-19/h2-12H,1H3,(H,24,25,26). The lowest BCUT2D eigenvalue weighted by Gasteiger charge is -2.11. The Morgan fingerprint density at radius 1 is 0.852 bits per heavy atom. The molecule has 5 nitrogen and oxygen atoms in total. The fraction of sp³-hybridized carbons (Fsp3) is 0.0476. The summed E-state index contributed by atoms with van der Waals surface area (Å²) >= 11 is 1.63. The summed E-state index contributed by atoms with van der Waals surface area (Å²) in [5, 5.41) is 4.40. The second kappa shape index (κ2) is 6.41. The SMILES string of the molecule is Cc1cccc(-c2nc(Nc3ccc4scnc4c3)c3ccccc3n2)n1. The van der Waals surface area contributed by atoms with E-state index in [0.717, 1.165) is 44.0 Å². The quantitative estimate of drug-likeness (QED) is 0.464. The maximum Gasteiger partial charge on any atom is 0.180 e. The van der Waals surface area contributed by atoms with E-state index in [-0.39, 0.29) is 0 Å². The summed E-state index contributed by atoms with van der Waals surface area (Å²) in [7, 11) is 0. The molecule has 5 rings (SSSR count). The van der Waals surface area contributed by atoms with Gasteiger partial charge < -0.3 is 5.32 Å². The number of hydrogen-bond acceptors (Lipinski definition) is 6. The third kappa shape index (κ3) is 3.00. The topological polar surface area (TPSA) is 63.6 Å². The summed E-state index contributed by atoms with van der Waals surface area (Å²) in [6, 6.07) is 20.0. The highest BCUT2D eigenvalue weighted by atomic mass is 32.1. The van der Waals surface area contributed by atoms with Crippen LogP contribution in [0.4, 0.5) is 11.5 Å². The van der Waals surface area contributed by atoms with E-state index in [1.165, 1.54) is 0 Å². The number of benzene rings is 2. The van der Waals surface area contributed by atoms with Crippen LogP contribution in [0.3, 0.4) is 0 Å². The van der Waals surface area contributed by atoms with Gasteiger partial charge in [0.15, 0.2) is 5.82 Å². The molecule has 3 aromatic heterocycles. The highest BCUT2D eigenvalue weighted by Crippen LogP contribution is 2.28. The maximum atomic E-state index is 4.77. The summed E-state index contributed by atoms with van der Waals surface area (Å²) in [5.74, 6) is 1.36. The Bertz CT molecular complexity index is 1280. The summed E-state index contributed by atoms with van der Waals surface area (Å²) < 4.78 is 1.16. The molecule has 6 heteroatoms. The van der Waals surface area contributed by atoms with Crippen LogP contribution in [0.5, 0.6) is 0 Å². The fourth-order valence-corrected chi connectivity index (χ4v) is 3.69. The lowest BCUT2D eigenvalue weighted by atomic mass is 10.2. The van der Waals surface area contributed by atoms with E-state index in [4.69, 9.17) is 9.97 Å². The van der Waals surface area contributed by atoms with Crippen LogP contribution in [-0.2, 0) is 0 Å². The van der Waals surface area contributed by atoms with Crippen molar-refractivity contribution in [1.29, 1.82) is 0 Å². The van der Waals surface area contributed by atoms with Crippen LogP contribution in [0.15, 0.2) is 66.2 Å². The average Bonchev–Trinajstić information content (AvgIpc) is 3.16. The van der Waals surface area contributed by atoms with Gasteiger partial charge in [0.2, 0.25) is 0 Å². The van der Waals surface area contributed by atoms with Gasteiger partial charge in [-0.15, -0.1) is 11.3 Å². The maximum absolute atomic E-state index is 4.77. The third-order valence-electron chi connectivity index (χ3n) is 4.31. The zero-order chi connectivity index (χ0) is 18.2. The Hall–Kier alpha value is -3.38. The van der Waals surface area contributed by atoms with Crippen molar-refractivity contribution < 1.29 is 0 Å². The molecule has 0 fully saturated rings. The first kappa shape index (κ1) is 15.8. The van der Waals surface area contributed by atoms with Gasteiger partial charge >= 0.3 is 0 Å². The van der Waals surface area contributed by atoms with Gasteiger partial charge in [0.05, 0.1) is 21.2 Å². The van der Waals surface area contributed by atoms with E-state index in [9.17, 15) is 0 Å². The molecular formula is C21H15N5S. The van der Waals surface area contributed by atoms with Gasteiger partial charge in [-0.2, -0.15) is 0 Å². The first-order valence-electron chi connectivity index (χ1n) is 8.57. The molecular weight excluding hydrogens is 354 g/mol. The molecule has 0 amide bonds. The van der Waals surface area contributed by atoms with Gasteiger partial charge in [-0.1, -0.05) is 18.2 Å². The van der Waals surface area contributed by atoms with E-state index in [0.29, 0.717) is 5.82 Å². The van der Waals surface area contributed by atoms with Crippen molar-refractivity contribution in [2.45, 2.75) is 6.92 Å². The average molecular weight is 369 g/mol. The number of nitrogens with zero attached hydrogens (tertiary/aromatic N) is 4. The Kier molecular flexibility index (Phi) is 3.76. The summed E-state index contributed by atoms with van der Waals surface area (Å²) in [6.45, 7) is 1.97. The van der Waals surface area contributed by atoms with Crippen LogP contribution in [0.2, 0.25) is 0 Å². The van der Waals surface area contributed by atoms with Gasteiger partial charge in [0.1, 0.15) is 11.5 Å². The van der Waals surface area contributed by atoms with Crippen molar-refractivity contribution in [2.75, 3.05) is 5.32 Å². The summed E-state index contributed by atoms with van der Waals surface area (Å²) in [4.78, 5) is 18.4. The Morgan fingerprint density at radius 2 is 1.78 bits per heavy atom. The van der Waals surface area contributed by atoms with Crippen molar-refractivity contribution >= 4 is 44.0 Å². The minimum Gasteiger partial charge on any atom is -0.340 e. The lowest BCUT2D eigenvalue weighted by Crippen LogP contribution is -2.00. The fourth-order valence-electron chi connectivity index (χ4n) is 3.03. The number of rotatable bonds is 3. The van der Waals surface area contributed by atoms with Gasteiger partial charge in [-0.3, -0.25) is 0 Å². The van der Waals surface area contributed by atoms with Crippen LogP contribution in [0.25, 0.3) is 32.6 Å². The van der Waals surface area contributed by atoms with Gasteiger partial charge in [-0.05, 0) is 49.4 Å². The van der Waals surface area contributed by atoms with E-state index < -0.39 is 0 Å². The monoisotopic (exact) mass is 369 g/mol. The summed E-state index contributed by atoms with van der Waals surface area (Å²) in [5.41, 5.74) is 6.36. The smallest absolute Gasteiger partial charge is 0.180 e. The van der Waals surface area contributed by atoms with Crippen molar-refractivity contribution in [1.82, 2.24) is 19.9 Å². The van der Waals surface area contributed by atoms with E-state index in [2.05, 4.69) is 21.4 Å². The number of aryl methyl sites for hydroxylation is 1. The first-order valence-corrected chi connectivity index (χ1v) is 9.45. The highest BCUT2D eigenvalue weighted by molar-refractivity contribution is 7.16. The van der Waals surface area contributed by atoms with Crippen LogP contribution in [-0.4, -0.2) is 19.9 Å².